The third-order valence-electron chi connectivity index (χ3n) is 4.55. The average molecular weight is 392 g/mol. The van der Waals surface area contributed by atoms with Gasteiger partial charge in [-0.2, -0.15) is 5.10 Å². The van der Waals surface area contributed by atoms with Crippen LogP contribution in [0.2, 0.25) is 0 Å². The van der Waals surface area contributed by atoms with E-state index in [0.29, 0.717) is 6.54 Å². The lowest BCUT2D eigenvalue weighted by Crippen LogP contribution is -2.38. The number of nitrogens with zero attached hydrogens (tertiary/aromatic N) is 3. The predicted molar refractivity (Wildman–Crippen MR) is 118 cm³/mol. The number of ether oxygens (including phenoxy) is 1. The van der Waals surface area contributed by atoms with Crippen molar-refractivity contribution in [3.05, 3.63) is 78.1 Å². The van der Waals surface area contributed by atoms with Crippen LogP contribution in [0.3, 0.4) is 0 Å². The topological polar surface area (TPSA) is 63.5 Å². The van der Waals surface area contributed by atoms with Crippen LogP contribution in [0, 0.1) is 0 Å². The van der Waals surface area contributed by atoms with Crippen molar-refractivity contribution in [3.63, 3.8) is 0 Å². The van der Waals surface area contributed by atoms with Crippen LogP contribution in [0.15, 0.2) is 72.0 Å². The number of hydrogen-bond donors (Lipinski definition) is 2. The highest BCUT2D eigenvalue weighted by atomic mass is 16.5. The van der Waals surface area contributed by atoms with E-state index in [4.69, 9.17) is 4.74 Å². The van der Waals surface area contributed by atoms with E-state index < -0.39 is 0 Å². The first-order chi connectivity index (χ1) is 14.3. The SMILES string of the molecule is CCNC(=NCCc1ccccc1OC)NCCc1cnn(-c2ccccc2)c1. The fourth-order valence-electron chi connectivity index (χ4n) is 3.08. The summed E-state index contributed by atoms with van der Waals surface area (Å²) < 4.78 is 7.32. The number of rotatable bonds is 9. The summed E-state index contributed by atoms with van der Waals surface area (Å²) in [5.41, 5.74) is 3.42. The molecule has 0 saturated heterocycles. The van der Waals surface area contributed by atoms with Gasteiger partial charge in [0.05, 0.1) is 19.0 Å². The molecule has 0 radical (unpaired) electrons. The number of aliphatic imine (C=N–C) groups is 1. The Hall–Kier alpha value is -3.28. The molecule has 0 spiro atoms. The third-order valence-corrected chi connectivity index (χ3v) is 4.55. The van der Waals surface area contributed by atoms with Crippen LogP contribution in [0.4, 0.5) is 0 Å². The van der Waals surface area contributed by atoms with E-state index >= 15 is 0 Å². The number of benzene rings is 2. The molecule has 0 unspecified atom stereocenters. The van der Waals surface area contributed by atoms with Crippen LogP contribution in [0.1, 0.15) is 18.1 Å². The van der Waals surface area contributed by atoms with Crippen molar-refractivity contribution in [2.45, 2.75) is 19.8 Å². The zero-order valence-electron chi connectivity index (χ0n) is 17.1. The minimum absolute atomic E-state index is 0.696. The van der Waals surface area contributed by atoms with Gasteiger partial charge in [0.15, 0.2) is 5.96 Å². The molecule has 152 valence electrons. The smallest absolute Gasteiger partial charge is 0.191 e. The summed E-state index contributed by atoms with van der Waals surface area (Å²) in [4.78, 5) is 4.69. The number of nitrogens with one attached hydrogen (secondary N) is 2. The number of hydrogen-bond acceptors (Lipinski definition) is 3. The largest absolute Gasteiger partial charge is 0.496 e. The van der Waals surface area contributed by atoms with Crippen LogP contribution >= 0.6 is 0 Å². The summed E-state index contributed by atoms with van der Waals surface area (Å²) in [5.74, 6) is 1.74. The van der Waals surface area contributed by atoms with Gasteiger partial charge >= 0.3 is 0 Å². The van der Waals surface area contributed by atoms with E-state index in [0.717, 1.165) is 43.3 Å². The Balaban J connectivity index is 1.50. The van der Waals surface area contributed by atoms with Crippen molar-refractivity contribution in [2.24, 2.45) is 4.99 Å². The summed E-state index contributed by atoms with van der Waals surface area (Å²) in [6.07, 6.45) is 5.71. The molecule has 2 aromatic carbocycles. The monoisotopic (exact) mass is 391 g/mol. The molecule has 0 aliphatic rings. The molecule has 0 aliphatic heterocycles. The van der Waals surface area contributed by atoms with Crippen LogP contribution in [0.25, 0.3) is 5.69 Å². The molecule has 1 heterocycles. The van der Waals surface area contributed by atoms with E-state index in [1.807, 2.05) is 59.4 Å². The Morgan fingerprint density at radius 2 is 1.83 bits per heavy atom. The maximum absolute atomic E-state index is 5.41. The summed E-state index contributed by atoms with van der Waals surface area (Å²) in [7, 11) is 1.70. The van der Waals surface area contributed by atoms with E-state index in [-0.39, 0.29) is 0 Å². The molecular formula is C23H29N5O. The summed E-state index contributed by atoms with van der Waals surface area (Å²) >= 11 is 0. The molecule has 1 aromatic heterocycles. The fraction of sp³-hybridized carbons (Fsp3) is 0.304. The van der Waals surface area contributed by atoms with Crippen molar-refractivity contribution < 1.29 is 4.74 Å². The lowest BCUT2D eigenvalue weighted by atomic mass is 10.1. The molecule has 0 bridgehead atoms. The highest BCUT2D eigenvalue weighted by Crippen LogP contribution is 2.17. The van der Waals surface area contributed by atoms with Gasteiger partial charge in [0.1, 0.15) is 5.75 Å². The molecule has 0 saturated carbocycles. The number of para-hydroxylation sites is 2. The molecule has 3 aromatic rings. The zero-order chi connectivity index (χ0) is 20.3. The van der Waals surface area contributed by atoms with Crippen LogP contribution in [-0.4, -0.2) is 42.5 Å². The van der Waals surface area contributed by atoms with Gasteiger partial charge in [-0.3, -0.25) is 4.99 Å². The van der Waals surface area contributed by atoms with Crippen LogP contribution in [-0.2, 0) is 12.8 Å². The fourth-order valence-corrected chi connectivity index (χ4v) is 3.08. The molecule has 29 heavy (non-hydrogen) atoms. The average Bonchev–Trinajstić information content (AvgIpc) is 3.24. The van der Waals surface area contributed by atoms with Gasteiger partial charge in [-0.1, -0.05) is 36.4 Å². The normalized spacial score (nSPS) is 11.3. The molecule has 6 nitrogen and oxygen atoms in total. The highest BCUT2D eigenvalue weighted by Gasteiger charge is 2.04. The van der Waals surface area contributed by atoms with Crippen LogP contribution < -0.4 is 15.4 Å². The predicted octanol–water partition coefficient (Wildman–Crippen LogP) is 3.22. The molecule has 2 N–H and O–H groups in total. The van der Waals surface area contributed by atoms with E-state index in [1.54, 1.807) is 7.11 Å². The maximum atomic E-state index is 5.41. The molecule has 0 aliphatic carbocycles. The van der Waals surface area contributed by atoms with Crippen molar-refractivity contribution >= 4 is 5.96 Å². The summed E-state index contributed by atoms with van der Waals surface area (Å²) in [6, 6.07) is 18.2. The van der Waals surface area contributed by atoms with Gasteiger partial charge in [0.25, 0.3) is 0 Å². The van der Waals surface area contributed by atoms with Crippen LogP contribution in [0.5, 0.6) is 5.75 Å². The first kappa shape index (κ1) is 20.5. The minimum Gasteiger partial charge on any atom is -0.496 e. The quantitative estimate of drug-likeness (QED) is 0.434. The number of aromatic nitrogens is 2. The lowest BCUT2D eigenvalue weighted by molar-refractivity contribution is 0.410. The standard InChI is InChI=1S/C23H29N5O/c1-3-24-23(26-16-14-20-9-7-8-12-22(20)29-2)25-15-13-19-17-27-28(18-19)21-10-5-4-6-11-21/h4-12,17-18H,3,13-16H2,1-2H3,(H2,24,25,26). The van der Waals surface area contributed by atoms with Gasteiger partial charge in [0.2, 0.25) is 0 Å². The van der Waals surface area contributed by atoms with E-state index in [2.05, 4.69) is 39.9 Å². The Morgan fingerprint density at radius 3 is 2.62 bits per heavy atom. The zero-order valence-corrected chi connectivity index (χ0v) is 17.1. The minimum atomic E-state index is 0.696. The molecule has 3 rings (SSSR count). The maximum Gasteiger partial charge on any atom is 0.191 e. The van der Waals surface area contributed by atoms with E-state index in [1.165, 1.54) is 11.1 Å². The van der Waals surface area contributed by atoms with Gasteiger partial charge in [-0.05, 0) is 49.1 Å². The third kappa shape index (κ3) is 6.10. The summed E-state index contributed by atoms with van der Waals surface area (Å²) in [5, 5.41) is 11.2. The number of methoxy groups -OCH3 is 1. The van der Waals surface area contributed by atoms with Gasteiger partial charge in [0, 0.05) is 25.8 Å². The Kier molecular flexibility index (Phi) is 7.69. The Labute approximate surface area is 172 Å². The lowest BCUT2D eigenvalue weighted by Gasteiger charge is -2.11. The second kappa shape index (κ2) is 10.9. The second-order valence-electron chi connectivity index (χ2n) is 6.63. The number of guanidine groups is 1. The van der Waals surface area contributed by atoms with Crippen molar-refractivity contribution in [1.82, 2.24) is 20.4 Å². The molecule has 0 amide bonds. The van der Waals surface area contributed by atoms with Gasteiger partial charge in [-0.15, -0.1) is 0 Å². The Bertz CT molecular complexity index is 904. The van der Waals surface area contributed by atoms with E-state index in [9.17, 15) is 0 Å². The van der Waals surface area contributed by atoms with Gasteiger partial charge in [-0.25, -0.2) is 4.68 Å². The summed E-state index contributed by atoms with van der Waals surface area (Å²) in [6.45, 7) is 4.39. The second-order valence-corrected chi connectivity index (χ2v) is 6.63. The molecule has 0 fully saturated rings. The first-order valence-electron chi connectivity index (χ1n) is 10.0. The van der Waals surface area contributed by atoms with Crippen molar-refractivity contribution in [2.75, 3.05) is 26.7 Å². The molecule has 0 atom stereocenters. The van der Waals surface area contributed by atoms with Gasteiger partial charge < -0.3 is 15.4 Å². The van der Waals surface area contributed by atoms with Crippen molar-refractivity contribution in [1.29, 1.82) is 0 Å². The molecule has 6 heteroatoms. The first-order valence-corrected chi connectivity index (χ1v) is 10.0. The highest BCUT2D eigenvalue weighted by molar-refractivity contribution is 5.79. The Morgan fingerprint density at radius 1 is 1.03 bits per heavy atom. The molecular weight excluding hydrogens is 362 g/mol. The van der Waals surface area contributed by atoms with Crippen molar-refractivity contribution in [3.8, 4) is 11.4 Å².